The molecule has 0 bridgehead atoms. The quantitative estimate of drug-likeness (QED) is 0.159. The normalized spacial score (nSPS) is 17.2. The molecule has 0 saturated heterocycles. The number of rotatable bonds is 7. The van der Waals surface area contributed by atoms with Crippen molar-refractivity contribution >= 4 is 32.8 Å². The minimum absolute atomic E-state index is 0.0829. The van der Waals surface area contributed by atoms with Gasteiger partial charge in [0.15, 0.2) is 0 Å². The first-order chi connectivity index (χ1) is 36.2. The van der Waals surface area contributed by atoms with Gasteiger partial charge >= 0.3 is 307 Å². The first-order valence-corrected chi connectivity index (χ1v) is 23.7. The summed E-state index contributed by atoms with van der Waals surface area (Å²) in [6.45, 7) is 20.9. The van der Waals surface area contributed by atoms with E-state index in [1.807, 2.05) is 69.9 Å². The van der Waals surface area contributed by atoms with E-state index in [2.05, 4.69) is 123 Å². The summed E-state index contributed by atoms with van der Waals surface area (Å²) in [7, 11) is 0. The van der Waals surface area contributed by atoms with E-state index in [4.69, 9.17) is 23.4 Å². The second-order valence-electron chi connectivity index (χ2n) is 20.1. The maximum atomic E-state index is 9.13. The summed E-state index contributed by atoms with van der Waals surface area (Å²) in [6.07, 6.45) is 1.91. The molecule has 10 aromatic rings. The summed E-state index contributed by atoms with van der Waals surface area (Å²) in [5, 5.41) is 2.22. The molecule has 0 amide bonds. The summed E-state index contributed by atoms with van der Waals surface area (Å²) in [6, 6.07) is 30.2. The van der Waals surface area contributed by atoms with Crippen molar-refractivity contribution in [2.24, 2.45) is 5.41 Å². The van der Waals surface area contributed by atoms with E-state index in [0.717, 1.165) is 33.1 Å². The SMILES string of the molecule is [2H]c1c([2H])c([2H])c(-c2cccc(-c3c([2H])c([2H])c([2H])c([2H])c3[2H])c2-n2[c](=[Pt])n(-c3cccc(Oc4ccc5c6ccc7c(c6n(-c6cc(C(C)(C)C)ccn6)c5c4)C(C)(C)C(C)(C)C7(C)C)c3)c3ccccc32)c([2H])c1[2H]. The van der Waals surface area contributed by atoms with Crippen molar-refractivity contribution < 1.29 is 37.8 Å². The van der Waals surface area contributed by atoms with Gasteiger partial charge in [-0.3, -0.25) is 0 Å². The molecule has 0 aliphatic heterocycles. The summed E-state index contributed by atoms with van der Waals surface area (Å²) < 4.78 is 102. The van der Waals surface area contributed by atoms with E-state index in [-0.39, 0.29) is 49.6 Å². The van der Waals surface area contributed by atoms with E-state index < -0.39 is 60.4 Å². The Morgan fingerprint density at radius 1 is 0.582 bits per heavy atom. The van der Waals surface area contributed by atoms with Crippen LogP contribution in [0.15, 0.2) is 176 Å². The van der Waals surface area contributed by atoms with E-state index >= 15 is 0 Å². The molecule has 0 radical (unpaired) electrons. The van der Waals surface area contributed by atoms with Crippen molar-refractivity contribution in [2.75, 3.05) is 0 Å². The molecule has 0 atom stereocenters. The Hall–Kier alpha value is -6.55. The van der Waals surface area contributed by atoms with Crippen LogP contribution in [0, 0.1) is 9.22 Å². The standard InChI is InChI=1S/C61H56N4O.Pt/c1-58(2,3)42-34-35-62-54(36-42)65-53-38-45(30-31-48(53)49-32-33-50-55(57(49)65)60(6,7)61(8,9)59(50,4)5)66-44-25-18-24-43(37-44)63-39-64(52-29-17-16-28-51(52)63)56-46(40-20-12-10-13-21-40)26-19-27-47(56)41-22-14-11-15-23-41;/h10-38H,1-9H3;/i10D,11D,12D,13D,14D,15D,20D,21D,22D,23D;. The zero-order valence-corrected chi connectivity index (χ0v) is 41.3. The molecule has 336 valence electrons. The first kappa shape index (κ1) is 33.0. The van der Waals surface area contributed by atoms with Crippen LogP contribution < -0.4 is 4.74 Å². The maximum absolute atomic E-state index is 9.13. The Bertz CT molecular complexity index is 4110. The van der Waals surface area contributed by atoms with E-state index in [1.54, 1.807) is 18.2 Å². The predicted octanol–water partition coefficient (Wildman–Crippen LogP) is 16.0. The van der Waals surface area contributed by atoms with Crippen molar-refractivity contribution in [3.63, 3.8) is 0 Å². The molecular weight excluding hydrogens is 1000 g/mol. The average molecular weight is 1070 g/mol. The van der Waals surface area contributed by atoms with Crippen molar-refractivity contribution in [3.05, 3.63) is 196 Å². The molecule has 3 heterocycles. The fourth-order valence-corrected chi connectivity index (χ4v) is 11.4. The van der Waals surface area contributed by atoms with Crippen LogP contribution in [-0.2, 0) is 35.6 Å². The van der Waals surface area contributed by atoms with Crippen LogP contribution in [-0.4, -0.2) is 18.7 Å². The van der Waals surface area contributed by atoms with Crippen LogP contribution >= 0.6 is 0 Å². The predicted molar refractivity (Wildman–Crippen MR) is 274 cm³/mol. The third-order valence-electron chi connectivity index (χ3n) is 15.0. The molecule has 0 unspecified atom stereocenters. The molecule has 5 nitrogen and oxygen atoms in total. The number of ether oxygens (including phenoxy) is 1. The molecule has 11 rings (SSSR count). The number of fused-ring (bicyclic) bond motifs is 6. The molecule has 1 aliphatic rings. The zero-order valence-electron chi connectivity index (χ0n) is 49.0. The van der Waals surface area contributed by atoms with Crippen LogP contribution in [0.25, 0.3) is 72.3 Å². The van der Waals surface area contributed by atoms with Crippen LogP contribution in [0.3, 0.4) is 0 Å². The van der Waals surface area contributed by atoms with Gasteiger partial charge < -0.3 is 0 Å². The Kier molecular flexibility index (Phi) is 7.64. The third kappa shape index (κ3) is 6.60. The molecule has 0 fully saturated rings. The molecule has 67 heavy (non-hydrogen) atoms. The second kappa shape index (κ2) is 15.5. The van der Waals surface area contributed by atoms with Gasteiger partial charge in [0, 0.05) is 6.20 Å². The molecule has 7 aromatic carbocycles. The monoisotopic (exact) mass is 1070 g/mol. The van der Waals surface area contributed by atoms with Gasteiger partial charge in [-0.2, -0.15) is 0 Å². The van der Waals surface area contributed by atoms with E-state index in [1.165, 1.54) is 16.7 Å². The summed E-state index contributed by atoms with van der Waals surface area (Å²) >= 11 is 2.19. The van der Waals surface area contributed by atoms with Crippen molar-refractivity contribution in [3.8, 4) is 50.9 Å². The van der Waals surface area contributed by atoms with Gasteiger partial charge in [0.05, 0.1) is 0 Å². The molecule has 0 saturated carbocycles. The Labute approximate surface area is 418 Å². The van der Waals surface area contributed by atoms with Crippen LogP contribution in [0.4, 0.5) is 0 Å². The number of hydrogen-bond donors (Lipinski definition) is 0. The van der Waals surface area contributed by atoms with E-state index in [0.29, 0.717) is 26.5 Å². The molecular formula is C61H56N4OPt. The van der Waals surface area contributed by atoms with Gasteiger partial charge in [-0.05, 0) is 38.9 Å². The fourth-order valence-electron chi connectivity index (χ4n) is 10.3. The Morgan fingerprint density at radius 3 is 1.85 bits per heavy atom. The van der Waals surface area contributed by atoms with Gasteiger partial charge in [0.2, 0.25) is 0 Å². The van der Waals surface area contributed by atoms with Gasteiger partial charge in [0.25, 0.3) is 0 Å². The number of aromatic nitrogens is 4. The summed E-state index contributed by atoms with van der Waals surface area (Å²) in [5.41, 5.74) is 7.88. The number of benzene rings is 7. The summed E-state index contributed by atoms with van der Waals surface area (Å²) in [5.74, 6) is 1.98. The number of nitrogens with zero attached hydrogens (tertiary/aromatic N) is 4. The van der Waals surface area contributed by atoms with Gasteiger partial charge in [0.1, 0.15) is 0 Å². The van der Waals surface area contributed by atoms with Crippen molar-refractivity contribution in [2.45, 2.75) is 78.6 Å². The van der Waals surface area contributed by atoms with Crippen molar-refractivity contribution in [1.82, 2.24) is 18.7 Å². The summed E-state index contributed by atoms with van der Waals surface area (Å²) in [4.78, 5) is 5.07. The van der Waals surface area contributed by atoms with E-state index in [9.17, 15) is 0 Å². The van der Waals surface area contributed by atoms with Crippen molar-refractivity contribution in [1.29, 1.82) is 0 Å². The fraction of sp³-hybridized carbons (Fsp3) is 0.213. The molecule has 0 N–H and O–H groups in total. The minimum atomic E-state index is -0.557. The Morgan fingerprint density at radius 2 is 1.19 bits per heavy atom. The van der Waals surface area contributed by atoms with Crippen LogP contribution in [0.2, 0.25) is 0 Å². The molecule has 6 heteroatoms. The second-order valence-corrected chi connectivity index (χ2v) is 21.1. The van der Waals surface area contributed by atoms with Gasteiger partial charge in [-0.1, -0.05) is 68.4 Å². The number of para-hydroxylation sites is 3. The topological polar surface area (TPSA) is 36.9 Å². The van der Waals surface area contributed by atoms with Gasteiger partial charge in [-0.15, -0.1) is 0 Å². The van der Waals surface area contributed by atoms with Crippen LogP contribution in [0.1, 0.15) is 92.7 Å². The molecule has 3 aromatic heterocycles. The number of imidazole rings is 1. The number of pyridine rings is 1. The first-order valence-electron chi connectivity index (χ1n) is 27.6. The Balaban J connectivity index is 1.12. The average Bonchev–Trinajstić information content (AvgIpc) is 4.02. The third-order valence-corrected chi connectivity index (χ3v) is 16.0. The number of hydrogen-bond acceptors (Lipinski definition) is 2. The molecule has 1 aliphatic carbocycles. The van der Waals surface area contributed by atoms with Crippen LogP contribution in [0.5, 0.6) is 11.5 Å². The molecule has 0 spiro atoms. The zero-order chi connectivity index (χ0) is 55.3. The van der Waals surface area contributed by atoms with Gasteiger partial charge in [-0.25, -0.2) is 0 Å².